The number of nitrogens with zero attached hydrogens (tertiary/aromatic N) is 2. The van der Waals surface area contributed by atoms with E-state index in [1.165, 1.54) is 64.8 Å². The van der Waals surface area contributed by atoms with Gasteiger partial charge in [0.1, 0.15) is 0 Å². The number of aliphatic hydroxyl groups is 1. The Morgan fingerprint density at radius 3 is 2.33 bits per heavy atom. The van der Waals surface area contributed by atoms with E-state index >= 15 is 0 Å². The lowest BCUT2D eigenvalue weighted by molar-refractivity contribution is 0.150. The van der Waals surface area contributed by atoms with Gasteiger partial charge in [-0.15, -0.1) is 0 Å². The fourth-order valence-corrected chi connectivity index (χ4v) is 2.86. The van der Waals surface area contributed by atoms with E-state index in [1.807, 2.05) is 0 Å². The van der Waals surface area contributed by atoms with E-state index in [0.717, 1.165) is 12.3 Å². The summed E-state index contributed by atoms with van der Waals surface area (Å²) >= 11 is 0. The summed E-state index contributed by atoms with van der Waals surface area (Å²) in [5.74, 6) is 0.757. The fourth-order valence-electron chi connectivity index (χ4n) is 2.86. The summed E-state index contributed by atoms with van der Waals surface area (Å²) in [6.07, 6.45) is 7.51. The van der Waals surface area contributed by atoms with E-state index < -0.39 is 0 Å². The van der Waals surface area contributed by atoms with Crippen molar-refractivity contribution in [3.8, 4) is 0 Å². The minimum atomic E-state index is 0.364. The molecule has 1 N–H and O–H groups in total. The number of hydrogen-bond donors (Lipinski definition) is 1. The van der Waals surface area contributed by atoms with E-state index in [4.69, 9.17) is 5.11 Å². The summed E-state index contributed by atoms with van der Waals surface area (Å²) in [4.78, 5) is 5.01. The van der Waals surface area contributed by atoms with Crippen LogP contribution in [0.3, 0.4) is 0 Å². The molecule has 1 saturated heterocycles. The van der Waals surface area contributed by atoms with Crippen molar-refractivity contribution in [3.05, 3.63) is 0 Å². The second-order valence-corrected chi connectivity index (χ2v) is 5.81. The van der Waals surface area contributed by atoms with Crippen molar-refractivity contribution in [2.24, 2.45) is 5.92 Å². The molecular weight excluding hydrogens is 224 g/mol. The van der Waals surface area contributed by atoms with Crippen LogP contribution < -0.4 is 0 Å². The molecule has 18 heavy (non-hydrogen) atoms. The Hall–Kier alpha value is -0.120. The molecule has 0 radical (unpaired) electrons. The van der Waals surface area contributed by atoms with Crippen LogP contribution in [-0.2, 0) is 0 Å². The maximum absolute atomic E-state index is 9.04. The number of hydrogen-bond acceptors (Lipinski definition) is 3. The summed E-state index contributed by atoms with van der Waals surface area (Å²) in [7, 11) is 2.21. The molecule has 0 saturated carbocycles. The van der Waals surface area contributed by atoms with Gasteiger partial charge in [0.2, 0.25) is 0 Å². The van der Waals surface area contributed by atoms with Gasteiger partial charge >= 0.3 is 0 Å². The zero-order valence-corrected chi connectivity index (χ0v) is 12.4. The third kappa shape index (κ3) is 6.72. The Kier molecular flexibility index (Phi) is 8.64. The summed E-state index contributed by atoms with van der Waals surface area (Å²) in [5, 5.41) is 9.04. The van der Waals surface area contributed by atoms with Crippen molar-refractivity contribution in [1.29, 1.82) is 0 Å². The van der Waals surface area contributed by atoms with Crippen LogP contribution in [0.5, 0.6) is 0 Å². The molecular formula is C15H32N2O. The molecule has 3 heteroatoms. The zero-order chi connectivity index (χ0) is 13.2. The maximum atomic E-state index is 9.04. The molecule has 0 amide bonds. The smallest absolute Gasteiger partial charge is 0.0433 e. The highest BCUT2D eigenvalue weighted by Crippen LogP contribution is 2.18. The Morgan fingerprint density at radius 1 is 1.00 bits per heavy atom. The van der Waals surface area contributed by atoms with E-state index in [1.54, 1.807) is 0 Å². The van der Waals surface area contributed by atoms with Gasteiger partial charge in [0, 0.05) is 32.8 Å². The van der Waals surface area contributed by atoms with E-state index in [9.17, 15) is 0 Å². The van der Waals surface area contributed by atoms with Crippen molar-refractivity contribution in [3.63, 3.8) is 0 Å². The van der Waals surface area contributed by atoms with Crippen LogP contribution in [-0.4, -0.2) is 61.3 Å². The van der Waals surface area contributed by atoms with Crippen molar-refractivity contribution in [1.82, 2.24) is 9.80 Å². The van der Waals surface area contributed by atoms with E-state index in [2.05, 4.69) is 23.8 Å². The molecule has 0 spiro atoms. The zero-order valence-electron chi connectivity index (χ0n) is 12.4. The highest BCUT2D eigenvalue weighted by Gasteiger charge is 2.13. The van der Waals surface area contributed by atoms with Crippen LogP contribution in [0.1, 0.15) is 45.4 Å². The van der Waals surface area contributed by atoms with Gasteiger partial charge in [-0.1, -0.05) is 32.6 Å². The van der Waals surface area contributed by atoms with Gasteiger partial charge in [0.05, 0.1) is 0 Å². The van der Waals surface area contributed by atoms with Gasteiger partial charge in [-0.25, -0.2) is 0 Å². The van der Waals surface area contributed by atoms with Gasteiger partial charge in [-0.3, -0.25) is 0 Å². The third-order valence-electron chi connectivity index (χ3n) is 4.17. The Morgan fingerprint density at radius 2 is 1.72 bits per heavy atom. The molecule has 0 bridgehead atoms. The Bertz CT molecular complexity index is 185. The molecule has 0 unspecified atom stereocenters. The standard InChI is InChI=1S/C15H32N2O/c1-3-6-15(8-14-18)7-4-5-9-17-12-10-16(2)11-13-17/h15,18H,3-14H2,1-2H3/t15-/m1/s1. The first-order valence-corrected chi connectivity index (χ1v) is 7.78. The molecule has 1 aliphatic rings. The molecule has 0 aliphatic carbocycles. The number of aliphatic hydroxyl groups excluding tert-OH is 1. The summed E-state index contributed by atoms with van der Waals surface area (Å²) in [6, 6.07) is 0. The molecule has 108 valence electrons. The minimum absolute atomic E-state index is 0.364. The highest BCUT2D eigenvalue weighted by atomic mass is 16.3. The van der Waals surface area contributed by atoms with Crippen LogP contribution in [0, 0.1) is 5.92 Å². The predicted molar refractivity (Wildman–Crippen MR) is 77.9 cm³/mol. The average molecular weight is 256 g/mol. The Balaban J connectivity index is 2.02. The molecule has 1 fully saturated rings. The van der Waals surface area contributed by atoms with Crippen LogP contribution in [0.15, 0.2) is 0 Å². The number of likely N-dealkylation sites (N-methyl/N-ethyl adjacent to an activating group) is 1. The molecule has 1 rings (SSSR count). The normalized spacial score (nSPS) is 20.2. The quantitative estimate of drug-likeness (QED) is 0.641. The monoisotopic (exact) mass is 256 g/mol. The minimum Gasteiger partial charge on any atom is -0.396 e. The predicted octanol–water partition coefficient (Wildman–Crippen LogP) is 2.20. The van der Waals surface area contributed by atoms with E-state index in [0.29, 0.717) is 6.61 Å². The second-order valence-electron chi connectivity index (χ2n) is 5.81. The fraction of sp³-hybridized carbons (Fsp3) is 1.00. The summed E-state index contributed by atoms with van der Waals surface area (Å²) < 4.78 is 0. The van der Waals surface area contributed by atoms with Crippen molar-refractivity contribution < 1.29 is 5.11 Å². The number of rotatable bonds is 9. The van der Waals surface area contributed by atoms with Gasteiger partial charge in [0.15, 0.2) is 0 Å². The molecule has 1 aliphatic heterocycles. The van der Waals surface area contributed by atoms with Crippen LogP contribution in [0.25, 0.3) is 0 Å². The van der Waals surface area contributed by atoms with Crippen LogP contribution in [0.2, 0.25) is 0 Å². The maximum Gasteiger partial charge on any atom is 0.0433 e. The molecule has 1 heterocycles. The molecule has 3 nitrogen and oxygen atoms in total. The van der Waals surface area contributed by atoms with Crippen molar-refractivity contribution in [2.75, 3.05) is 46.4 Å². The lowest BCUT2D eigenvalue weighted by Gasteiger charge is -2.32. The first-order valence-electron chi connectivity index (χ1n) is 7.78. The second kappa shape index (κ2) is 9.76. The molecule has 1 atom stereocenters. The number of unbranched alkanes of at least 4 members (excludes halogenated alkanes) is 1. The first-order chi connectivity index (χ1) is 8.76. The lowest BCUT2D eigenvalue weighted by atomic mass is 9.94. The van der Waals surface area contributed by atoms with Crippen LogP contribution in [0.4, 0.5) is 0 Å². The van der Waals surface area contributed by atoms with Crippen molar-refractivity contribution in [2.45, 2.75) is 45.4 Å². The Labute approximate surface area is 113 Å². The molecule has 0 aromatic heterocycles. The van der Waals surface area contributed by atoms with E-state index in [-0.39, 0.29) is 0 Å². The topological polar surface area (TPSA) is 26.7 Å². The lowest BCUT2D eigenvalue weighted by Crippen LogP contribution is -2.44. The number of piperazine rings is 1. The highest BCUT2D eigenvalue weighted by molar-refractivity contribution is 4.69. The molecule has 0 aromatic rings. The van der Waals surface area contributed by atoms with Gasteiger partial charge in [0.25, 0.3) is 0 Å². The van der Waals surface area contributed by atoms with Gasteiger partial charge < -0.3 is 14.9 Å². The first kappa shape index (κ1) is 15.9. The summed E-state index contributed by atoms with van der Waals surface area (Å²) in [6.45, 7) is 8.81. The van der Waals surface area contributed by atoms with Crippen molar-refractivity contribution >= 4 is 0 Å². The average Bonchev–Trinajstić information content (AvgIpc) is 2.37. The van der Waals surface area contributed by atoms with Gasteiger partial charge in [-0.05, 0) is 32.4 Å². The van der Waals surface area contributed by atoms with Crippen LogP contribution >= 0.6 is 0 Å². The molecule has 0 aromatic carbocycles. The van der Waals surface area contributed by atoms with Gasteiger partial charge in [-0.2, -0.15) is 0 Å². The third-order valence-corrected chi connectivity index (χ3v) is 4.17. The largest absolute Gasteiger partial charge is 0.396 e. The summed E-state index contributed by atoms with van der Waals surface area (Å²) in [5.41, 5.74) is 0. The SMILES string of the molecule is CCC[C@@H](CCO)CCCCN1CCN(C)CC1.